The minimum absolute atomic E-state index is 0.234. The lowest BCUT2D eigenvalue weighted by molar-refractivity contribution is -0.145. The van der Waals surface area contributed by atoms with Crippen LogP contribution < -0.4 is 4.74 Å². The molecule has 0 aliphatic heterocycles. The number of halogens is 2. The van der Waals surface area contributed by atoms with Gasteiger partial charge in [-0.15, -0.1) is 0 Å². The zero-order valence-corrected chi connectivity index (χ0v) is 12.9. The quantitative estimate of drug-likeness (QED) is 0.887. The fourth-order valence-corrected chi connectivity index (χ4v) is 2.16. The second kappa shape index (κ2) is 6.83. The van der Waals surface area contributed by atoms with Crippen LogP contribution in [0.2, 0.25) is 10.0 Å². The van der Waals surface area contributed by atoms with Crippen LogP contribution in [0.1, 0.15) is 11.1 Å². The highest BCUT2D eigenvalue weighted by molar-refractivity contribution is 6.31. The van der Waals surface area contributed by atoms with Crippen LogP contribution in [0.25, 0.3) is 0 Å². The molecule has 0 aromatic heterocycles. The van der Waals surface area contributed by atoms with Gasteiger partial charge in [0.05, 0.1) is 0 Å². The first-order valence-corrected chi connectivity index (χ1v) is 7.11. The largest absolute Gasteiger partial charge is 0.478 e. The van der Waals surface area contributed by atoms with Crippen molar-refractivity contribution >= 4 is 29.2 Å². The molecule has 0 fully saturated rings. The number of benzene rings is 2. The van der Waals surface area contributed by atoms with Crippen molar-refractivity contribution in [3.63, 3.8) is 0 Å². The van der Waals surface area contributed by atoms with E-state index in [9.17, 15) is 9.90 Å². The molecule has 0 spiro atoms. The Morgan fingerprint density at radius 1 is 1.19 bits per heavy atom. The highest BCUT2D eigenvalue weighted by atomic mass is 35.5. The molecule has 110 valence electrons. The second-order valence-electron chi connectivity index (χ2n) is 4.69. The minimum atomic E-state index is -1.03. The normalized spacial score (nSPS) is 12.0. The Morgan fingerprint density at radius 3 is 2.43 bits per heavy atom. The van der Waals surface area contributed by atoms with E-state index in [1.54, 1.807) is 30.3 Å². The number of rotatable bonds is 5. The number of carboxylic acid groups (broad SMARTS) is 1. The summed E-state index contributed by atoms with van der Waals surface area (Å²) in [7, 11) is 0. The van der Waals surface area contributed by atoms with Gasteiger partial charge in [-0.05, 0) is 48.4 Å². The van der Waals surface area contributed by atoms with Crippen LogP contribution in [0.15, 0.2) is 42.5 Å². The summed E-state index contributed by atoms with van der Waals surface area (Å²) in [4.78, 5) is 11.3. The molecule has 2 aromatic rings. The van der Waals surface area contributed by atoms with Crippen LogP contribution >= 0.6 is 23.2 Å². The molecule has 0 radical (unpaired) electrons. The van der Waals surface area contributed by atoms with Crippen LogP contribution in [-0.4, -0.2) is 17.2 Å². The van der Waals surface area contributed by atoms with Crippen molar-refractivity contribution in [2.45, 2.75) is 19.4 Å². The summed E-state index contributed by atoms with van der Waals surface area (Å²) in [6.07, 6.45) is -0.747. The van der Waals surface area contributed by atoms with E-state index < -0.39 is 12.1 Å². The maximum absolute atomic E-state index is 11.3. The summed E-state index contributed by atoms with van der Waals surface area (Å²) in [6, 6.07) is 12.1. The summed E-state index contributed by atoms with van der Waals surface area (Å²) < 4.78 is 5.50. The van der Waals surface area contributed by atoms with Crippen LogP contribution in [0.3, 0.4) is 0 Å². The van der Waals surface area contributed by atoms with Gasteiger partial charge in [0.15, 0.2) is 6.10 Å². The molecule has 0 saturated carbocycles. The van der Waals surface area contributed by atoms with Crippen molar-refractivity contribution in [3.8, 4) is 5.75 Å². The average molecular weight is 325 g/mol. The number of carbonyl (C=O) groups is 1. The third-order valence-electron chi connectivity index (χ3n) is 3.02. The summed E-state index contributed by atoms with van der Waals surface area (Å²) >= 11 is 11.8. The van der Waals surface area contributed by atoms with Gasteiger partial charge < -0.3 is 9.84 Å². The van der Waals surface area contributed by atoms with Gasteiger partial charge in [0.25, 0.3) is 0 Å². The first-order chi connectivity index (χ1) is 9.95. The maximum atomic E-state index is 11.3. The van der Waals surface area contributed by atoms with Crippen LogP contribution in [0.5, 0.6) is 5.75 Å². The second-order valence-corrected chi connectivity index (χ2v) is 5.53. The molecule has 0 saturated heterocycles. The van der Waals surface area contributed by atoms with Crippen LogP contribution in [-0.2, 0) is 11.2 Å². The number of hydrogen-bond donors (Lipinski definition) is 1. The van der Waals surface area contributed by atoms with E-state index in [-0.39, 0.29) is 6.42 Å². The molecular weight excluding hydrogens is 311 g/mol. The molecule has 2 aromatic carbocycles. The third-order valence-corrected chi connectivity index (χ3v) is 3.68. The molecule has 2 rings (SSSR count). The average Bonchev–Trinajstić information content (AvgIpc) is 2.44. The molecule has 0 amide bonds. The van der Waals surface area contributed by atoms with Gasteiger partial charge in [-0.3, -0.25) is 0 Å². The van der Waals surface area contributed by atoms with Crippen LogP contribution in [0, 0.1) is 6.92 Å². The summed E-state index contributed by atoms with van der Waals surface area (Å²) in [6.45, 7) is 1.89. The van der Waals surface area contributed by atoms with Crippen LogP contribution in [0.4, 0.5) is 0 Å². The van der Waals surface area contributed by atoms with Crippen molar-refractivity contribution in [2.24, 2.45) is 0 Å². The smallest absolute Gasteiger partial charge is 0.345 e. The zero-order chi connectivity index (χ0) is 15.4. The maximum Gasteiger partial charge on any atom is 0.345 e. The van der Waals surface area contributed by atoms with E-state index in [0.717, 1.165) is 11.1 Å². The van der Waals surface area contributed by atoms with Gasteiger partial charge in [0.1, 0.15) is 5.75 Å². The molecule has 0 aliphatic carbocycles. The van der Waals surface area contributed by atoms with E-state index in [0.29, 0.717) is 15.8 Å². The zero-order valence-electron chi connectivity index (χ0n) is 11.3. The fourth-order valence-electron chi connectivity index (χ4n) is 1.83. The van der Waals surface area contributed by atoms with Gasteiger partial charge in [0.2, 0.25) is 0 Å². The topological polar surface area (TPSA) is 46.5 Å². The van der Waals surface area contributed by atoms with E-state index >= 15 is 0 Å². The molecule has 3 nitrogen and oxygen atoms in total. The van der Waals surface area contributed by atoms with E-state index in [2.05, 4.69) is 0 Å². The Kier molecular flexibility index (Phi) is 5.10. The van der Waals surface area contributed by atoms with E-state index in [1.165, 1.54) is 0 Å². The van der Waals surface area contributed by atoms with Crippen molar-refractivity contribution in [1.29, 1.82) is 0 Å². The predicted octanol–water partition coefficient (Wildman–Crippen LogP) is 4.38. The highest BCUT2D eigenvalue weighted by Crippen LogP contribution is 2.21. The molecular formula is C16H14Cl2O3. The lowest BCUT2D eigenvalue weighted by Crippen LogP contribution is -2.29. The van der Waals surface area contributed by atoms with E-state index in [1.807, 2.05) is 19.1 Å². The summed E-state index contributed by atoms with van der Waals surface area (Å²) in [5, 5.41) is 10.5. The molecule has 0 bridgehead atoms. The Morgan fingerprint density at radius 2 is 1.86 bits per heavy atom. The lowest BCUT2D eigenvalue weighted by atomic mass is 10.1. The number of aryl methyl sites for hydroxylation is 1. The SMILES string of the molecule is Cc1ccc(CC(Oc2ccc(Cl)cc2)C(=O)O)cc1Cl. The Labute approximate surface area is 133 Å². The van der Waals surface area contributed by atoms with Gasteiger partial charge in [0, 0.05) is 16.5 Å². The molecule has 1 unspecified atom stereocenters. The van der Waals surface area contributed by atoms with Crippen molar-refractivity contribution < 1.29 is 14.6 Å². The van der Waals surface area contributed by atoms with Crippen molar-refractivity contribution in [3.05, 3.63) is 63.6 Å². The minimum Gasteiger partial charge on any atom is -0.478 e. The predicted molar refractivity (Wildman–Crippen MR) is 83.4 cm³/mol. The van der Waals surface area contributed by atoms with Gasteiger partial charge in [-0.1, -0.05) is 35.3 Å². The molecule has 0 aliphatic rings. The van der Waals surface area contributed by atoms with Gasteiger partial charge >= 0.3 is 5.97 Å². The molecule has 0 heterocycles. The number of aliphatic carboxylic acids is 1. The third kappa shape index (κ3) is 4.38. The Bertz CT molecular complexity index is 638. The monoisotopic (exact) mass is 324 g/mol. The Hall–Kier alpha value is -1.71. The molecule has 1 atom stereocenters. The van der Waals surface area contributed by atoms with E-state index in [4.69, 9.17) is 27.9 Å². The summed E-state index contributed by atoms with van der Waals surface area (Å²) in [5.74, 6) is -0.563. The number of carboxylic acids is 1. The molecule has 1 N–H and O–H groups in total. The standard InChI is InChI=1S/C16H14Cl2O3/c1-10-2-3-11(8-14(10)18)9-15(16(19)20)21-13-6-4-12(17)5-7-13/h2-8,15H,9H2,1H3,(H,19,20). The first-order valence-electron chi connectivity index (χ1n) is 6.36. The first kappa shape index (κ1) is 15.7. The number of hydrogen-bond acceptors (Lipinski definition) is 2. The van der Waals surface area contributed by atoms with Crippen molar-refractivity contribution in [1.82, 2.24) is 0 Å². The highest BCUT2D eigenvalue weighted by Gasteiger charge is 2.20. The van der Waals surface area contributed by atoms with Gasteiger partial charge in [-0.25, -0.2) is 4.79 Å². The van der Waals surface area contributed by atoms with Crippen molar-refractivity contribution in [2.75, 3.05) is 0 Å². The molecule has 21 heavy (non-hydrogen) atoms. The summed E-state index contributed by atoms with van der Waals surface area (Å²) in [5.41, 5.74) is 1.76. The fraction of sp³-hybridized carbons (Fsp3) is 0.188. The lowest BCUT2D eigenvalue weighted by Gasteiger charge is -2.15. The number of ether oxygens (including phenoxy) is 1. The van der Waals surface area contributed by atoms with Gasteiger partial charge in [-0.2, -0.15) is 0 Å². The molecule has 5 heteroatoms. The Balaban J connectivity index is 2.13.